The molecule has 136 valence electrons. The number of hydrogen-bond acceptors (Lipinski definition) is 2. The van der Waals surface area contributed by atoms with E-state index in [-0.39, 0.29) is 11.4 Å². The summed E-state index contributed by atoms with van der Waals surface area (Å²) in [5.74, 6) is 2.46. The fourth-order valence-corrected chi connectivity index (χ4v) is 4.84. The summed E-state index contributed by atoms with van der Waals surface area (Å²) >= 11 is 0. The maximum absolute atomic E-state index is 13.3. The largest absolute Gasteiger partial charge is 0.496 e. The first kappa shape index (κ1) is 17.8. The Morgan fingerprint density at radius 1 is 1.36 bits per heavy atom. The molecule has 1 fully saturated rings. The number of carbonyl (C=O) groups is 1. The number of carbonyl (C=O) groups excluding carboxylic acids is 1. The number of likely N-dealkylation sites (tertiary alicyclic amines) is 1. The first-order valence-electron chi connectivity index (χ1n) is 9.34. The highest BCUT2D eigenvalue weighted by molar-refractivity contribution is 6.00. The van der Waals surface area contributed by atoms with Crippen molar-refractivity contribution in [2.45, 2.75) is 46.6 Å². The van der Waals surface area contributed by atoms with Crippen LogP contribution in [-0.4, -0.2) is 35.0 Å². The molecule has 1 aromatic carbocycles. The van der Waals surface area contributed by atoms with Crippen LogP contribution in [0.15, 0.2) is 24.3 Å². The molecular formula is C21H30N2O2. The molecule has 1 aliphatic rings. The quantitative estimate of drug-likeness (QED) is 0.855. The Labute approximate surface area is 150 Å². The molecule has 2 atom stereocenters. The Morgan fingerprint density at radius 2 is 2.08 bits per heavy atom. The van der Waals surface area contributed by atoms with Crippen LogP contribution in [0.2, 0.25) is 0 Å². The van der Waals surface area contributed by atoms with Gasteiger partial charge in [-0.1, -0.05) is 40.7 Å². The van der Waals surface area contributed by atoms with Gasteiger partial charge in [-0.15, -0.1) is 0 Å². The number of rotatable bonds is 5. The zero-order valence-electron chi connectivity index (χ0n) is 16.2. The van der Waals surface area contributed by atoms with Gasteiger partial charge in [-0.25, -0.2) is 0 Å². The van der Waals surface area contributed by atoms with E-state index in [1.54, 1.807) is 7.11 Å². The second kappa shape index (κ2) is 6.40. The molecule has 1 aliphatic heterocycles. The molecule has 0 radical (unpaired) electrons. The second-order valence-electron chi connectivity index (χ2n) is 7.87. The summed E-state index contributed by atoms with van der Waals surface area (Å²) in [5, 5.41) is 0.959. The van der Waals surface area contributed by atoms with Gasteiger partial charge in [0.25, 0.3) is 5.91 Å². The maximum atomic E-state index is 13.3. The first-order chi connectivity index (χ1) is 11.9. The molecular weight excluding hydrogens is 312 g/mol. The van der Waals surface area contributed by atoms with Crippen molar-refractivity contribution in [2.75, 3.05) is 13.7 Å². The standard InChI is InChI=1S/C21H30N2O2/c1-7-21(14(4)5)16(13(2)3)12-23(21)20(24)18-11-15-17(22-18)9-8-10-19(15)25-6/h8-11,13-14,16,22H,7,12H2,1-6H3. The fourth-order valence-electron chi connectivity index (χ4n) is 4.84. The van der Waals surface area contributed by atoms with Crippen LogP contribution in [-0.2, 0) is 0 Å². The van der Waals surface area contributed by atoms with Gasteiger partial charge in [0.1, 0.15) is 11.4 Å². The van der Waals surface area contributed by atoms with E-state index in [1.165, 1.54) is 0 Å². The lowest BCUT2D eigenvalue weighted by Gasteiger charge is -2.62. The van der Waals surface area contributed by atoms with E-state index in [2.05, 4.69) is 44.5 Å². The maximum Gasteiger partial charge on any atom is 0.270 e. The van der Waals surface area contributed by atoms with Crippen LogP contribution >= 0.6 is 0 Å². The number of fused-ring (bicyclic) bond motifs is 1. The highest BCUT2D eigenvalue weighted by atomic mass is 16.5. The minimum absolute atomic E-state index is 0.0490. The number of nitrogens with one attached hydrogen (secondary N) is 1. The third-order valence-corrected chi connectivity index (χ3v) is 6.21. The summed E-state index contributed by atoms with van der Waals surface area (Å²) in [6, 6.07) is 7.78. The number of aromatic amines is 1. The third-order valence-electron chi connectivity index (χ3n) is 6.21. The van der Waals surface area contributed by atoms with Gasteiger partial charge in [0.05, 0.1) is 12.6 Å². The Balaban J connectivity index is 1.98. The number of methoxy groups -OCH3 is 1. The van der Waals surface area contributed by atoms with Crippen molar-refractivity contribution in [2.24, 2.45) is 17.8 Å². The number of amides is 1. The molecule has 0 spiro atoms. The molecule has 1 N–H and O–H groups in total. The number of nitrogens with zero attached hydrogens (tertiary/aromatic N) is 1. The van der Waals surface area contributed by atoms with E-state index in [0.29, 0.717) is 23.4 Å². The Kier molecular flexibility index (Phi) is 4.56. The van der Waals surface area contributed by atoms with Crippen molar-refractivity contribution >= 4 is 16.8 Å². The molecule has 2 unspecified atom stereocenters. The van der Waals surface area contributed by atoms with Gasteiger partial charge in [0, 0.05) is 23.4 Å². The first-order valence-corrected chi connectivity index (χ1v) is 9.34. The fraction of sp³-hybridized carbons (Fsp3) is 0.571. The Bertz CT molecular complexity index is 777. The summed E-state index contributed by atoms with van der Waals surface area (Å²) in [5.41, 5.74) is 1.54. The summed E-state index contributed by atoms with van der Waals surface area (Å²) in [6.07, 6.45) is 0.989. The van der Waals surface area contributed by atoms with E-state index in [9.17, 15) is 4.79 Å². The molecule has 4 heteroatoms. The SMILES string of the molecule is CCC1(C(C)C)C(C(C)C)CN1C(=O)c1cc2c(OC)cccc2[nH]1. The van der Waals surface area contributed by atoms with Gasteiger partial charge < -0.3 is 14.6 Å². The van der Waals surface area contributed by atoms with E-state index in [0.717, 1.165) is 29.6 Å². The average Bonchev–Trinajstić information content (AvgIpc) is 2.98. The minimum Gasteiger partial charge on any atom is -0.496 e. The lowest BCUT2D eigenvalue weighted by molar-refractivity contribution is -0.106. The molecule has 4 nitrogen and oxygen atoms in total. The van der Waals surface area contributed by atoms with Crippen molar-refractivity contribution in [3.63, 3.8) is 0 Å². The molecule has 0 aliphatic carbocycles. The van der Waals surface area contributed by atoms with Gasteiger partial charge in [-0.05, 0) is 36.5 Å². The lowest BCUT2D eigenvalue weighted by Crippen LogP contribution is -2.72. The number of ether oxygens (including phenoxy) is 1. The molecule has 2 aromatic rings. The van der Waals surface area contributed by atoms with Crippen molar-refractivity contribution < 1.29 is 9.53 Å². The molecule has 1 aromatic heterocycles. The zero-order chi connectivity index (χ0) is 18.4. The van der Waals surface area contributed by atoms with Crippen LogP contribution in [0.3, 0.4) is 0 Å². The molecule has 1 saturated heterocycles. The van der Waals surface area contributed by atoms with Crippen LogP contribution in [0.25, 0.3) is 10.9 Å². The Morgan fingerprint density at radius 3 is 2.64 bits per heavy atom. The monoisotopic (exact) mass is 342 g/mol. The number of aromatic nitrogens is 1. The molecule has 0 bridgehead atoms. The third kappa shape index (κ3) is 2.54. The second-order valence-corrected chi connectivity index (χ2v) is 7.87. The van der Waals surface area contributed by atoms with Crippen LogP contribution in [0.1, 0.15) is 51.5 Å². The van der Waals surface area contributed by atoms with Gasteiger partial charge in [-0.3, -0.25) is 4.79 Å². The van der Waals surface area contributed by atoms with Crippen LogP contribution in [0.4, 0.5) is 0 Å². The van der Waals surface area contributed by atoms with E-state index < -0.39 is 0 Å². The van der Waals surface area contributed by atoms with Gasteiger partial charge in [0.15, 0.2) is 0 Å². The smallest absolute Gasteiger partial charge is 0.270 e. The van der Waals surface area contributed by atoms with E-state index in [1.807, 2.05) is 24.3 Å². The molecule has 3 rings (SSSR count). The van der Waals surface area contributed by atoms with Crippen molar-refractivity contribution in [1.29, 1.82) is 0 Å². The molecule has 0 saturated carbocycles. The predicted octanol–water partition coefficient (Wildman–Crippen LogP) is 4.71. The van der Waals surface area contributed by atoms with Gasteiger partial charge >= 0.3 is 0 Å². The van der Waals surface area contributed by atoms with Crippen LogP contribution in [0.5, 0.6) is 5.75 Å². The minimum atomic E-state index is -0.0490. The summed E-state index contributed by atoms with van der Waals surface area (Å²) < 4.78 is 5.43. The topological polar surface area (TPSA) is 45.3 Å². The lowest BCUT2D eigenvalue weighted by atomic mass is 9.61. The van der Waals surface area contributed by atoms with Crippen molar-refractivity contribution in [1.82, 2.24) is 9.88 Å². The summed E-state index contributed by atoms with van der Waals surface area (Å²) in [6.45, 7) is 12.1. The highest BCUT2D eigenvalue weighted by Gasteiger charge is 2.56. The molecule has 2 heterocycles. The van der Waals surface area contributed by atoms with Gasteiger partial charge in [-0.2, -0.15) is 0 Å². The molecule has 1 amide bonds. The average molecular weight is 342 g/mol. The number of hydrogen-bond donors (Lipinski definition) is 1. The van der Waals surface area contributed by atoms with E-state index >= 15 is 0 Å². The summed E-state index contributed by atoms with van der Waals surface area (Å²) in [4.78, 5) is 18.7. The number of benzene rings is 1. The normalized spacial score (nSPS) is 23.4. The number of H-pyrrole nitrogens is 1. The van der Waals surface area contributed by atoms with E-state index in [4.69, 9.17) is 4.74 Å². The zero-order valence-corrected chi connectivity index (χ0v) is 16.2. The van der Waals surface area contributed by atoms with Crippen LogP contribution in [0, 0.1) is 17.8 Å². The predicted molar refractivity (Wildman–Crippen MR) is 102 cm³/mol. The van der Waals surface area contributed by atoms with Gasteiger partial charge in [0.2, 0.25) is 0 Å². The van der Waals surface area contributed by atoms with Crippen LogP contribution < -0.4 is 4.74 Å². The summed E-state index contributed by atoms with van der Waals surface area (Å²) in [7, 11) is 1.66. The van der Waals surface area contributed by atoms with Crippen molar-refractivity contribution in [3.8, 4) is 5.75 Å². The molecule has 25 heavy (non-hydrogen) atoms. The van der Waals surface area contributed by atoms with Crippen molar-refractivity contribution in [3.05, 3.63) is 30.0 Å². The highest BCUT2D eigenvalue weighted by Crippen LogP contribution is 2.49. The Hall–Kier alpha value is -1.97.